The van der Waals surface area contributed by atoms with Gasteiger partial charge in [0, 0.05) is 13.1 Å². The molecule has 0 fully saturated rings. The average Bonchev–Trinajstić information content (AvgIpc) is 2.90. The van der Waals surface area contributed by atoms with Crippen molar-refractivity contribution in [1.82, 2.24) is 4.90 Å². The van der Waals surface area contributed by atoms with Gasteiger partial charge < -0.3 is 25.4 Å². The Hall–Kier alpha value is -2.54. The molecule has 0 saturated heterocycles. The van der Waals surface area contributed by atoms with Crippen LogP contribution in [0.15, 0.2) is 35.5 Å². The lowest BCUT2D eigenvalue weighted by Crippen LogP contribution is -2.31. The van der Waals surface area contributed by atoms with Gasteiger partial charge in [-0.15, -0.1) is 0 Å². The van der Waals surface area contributed by atoms with Crippen LogP contribution >= 0.6 is 0 Å². The predicted molar refractivity (Wildman–Crippen MR) is 96.1 cm³/mol. The van der Waals surface area contributed by atoms with Crippen LogP contribution in [0.3, 0.4) is 0 Å². The molecule has 1 heterocycles. The minimum absolute atomic E-state index is 0.121. The van der Waals surface area contributed by atoms with E-state index in [2.05, 4.69) is 24.5 Å². The Morgan fingerprint density at radius 1 is 1.32 bits per heavy atom. The van der Waals surface area contributed by atoms with Gasteiger partial charge in [0.1, 0.15) is 5.70 Å². The van der Waals surface area contributed by atoms with Crippen LogP contribution in [0, 0.1) is 5.92 Å². The molecule has 7 heteroatoms. The van der Waals surface area contributed by atoms with E-state index >= 15 is 0 Å². The highest BCUT2D eigenvalue weighted by Crippen LogP contribution is 2.27. The number of ether oxygens (including phenoxy) is 1. The number of anilines is 2. The van der Waals surface area contributed by atoms with Crippen LogP contribution < -0.4 is 10.6 Å². The van der Waals surface area contributed by atoms with E-state index in [-0.39, 0.29) is 36.9 Å². The fourth-order valence-corrected chi connectivity index (χ4v) is 2.54. The standard InChI is InChI=1S/C18H25N3O4/c1-12(2)10-19-14-6-4-5-7-15(14)20-16-13(18(24)25-3)11-21(8-9-22)17(16)23/h4-7,12,19-20,22H,8-11H2,1-3H3. The second kappa shape index (κ2) is 8.53. The number of nitrogens with zero attached hydrogens (tertiary/aromatic N) is 1. The third kappa shape index (κ3) is 4.51. The molecule has 0 saturated carbocycles. The summed E-state index contributed by atoms with van der Waals surface area (Å²) in [5.41, 5.74) is 2.01. The van der Waals surface area contributed by atoms with Gasteiger partial charge in [-0.2, -0.15) is 0 Å². The van der Waals surface area contributed by atoms with Gasteiger partial charge in [0.2, 0.25) is 0 Å². The van der Waals surface area contributed by atoms with Crippen molar-refractivity contribution >= 4 is 23.3 Å². The molecule has 1 aliphatic heterocycles. The van der Waals surface area contributed by atoms with Crippen molar-refractivity contribution in [2.75, 3.05) is 44.0 Å². The lowest BCUT2D eigenvalue weighted by atomic mass is 10.2. The van der Waals surface area contributed by atoms with Crippen molar-refractivity contribution in [3.05, 3.63) is 35.5 Å². The van der Waals surface area contributed by atoms with Gasteiger partial charge in [-0.1, -0.05) is 26.0 Å². The molecule has 0 spiro atoms. The topological polar surface area (TPSA) is 90.9 Å². The van der Waals surface area contributed by atoms with Crippen molar-refractivity contribution in [1.29, 1.82) is 0 Å². The highest BCUT2D eigenvalue weighted by atomic mass is 16.5. The van der Waals surface area contributed by atoms with Crippen LogP contribution in [-0.4, -0.2) is 55.2 Å². The third-order valence-corrected chi connectivity index (χ3v) is 3.84. The highest BCUT2D eigenvalue weighted by molar-refractivity contribution is 6.09. The molecule has 0 bridgehead atoms. The van der Waals surface area contributed by atoms with Gasteiger partial charge in [0.25, 0.3) is 5.91 Å². The maximum atomic E-state index is 12.6. The Kier molecular flexibility index (Phi) is 6.41. The summed E-state index contributed by atoms with van der Waals surface area (Å²) in [4.78, 5) is 26.0. The number of hydrogen-bond acceptors (Lipinski definition) is 6. The molecule has 0 aromatic heterocycles. The van der Waals surface area contributed by atoms with Gasteiger partial charge in [-0.05, 0) is 18.1 Å². The van der Waals surface area contributed by atoms with Gasteiger partial charge in [-0.25, -0.2) is 4.79 Å². The van der Waals surface area contributed by atoms with Gasteiger partial charge in [0.05, 0.1) is 37.2 Å². The molecule has 1 aromatic carbocycles. The monoisotopic (exact) mass is 347 g/mol. The Labute approximate surface area is 147 Å². The smallest absolute Gasteiger partial charge is 0.337 e. The number of para-hydroxylation sites is 2. The zero-order valence-corrected chi connectivity index (χ0v) is 14.8. The van der Waals surface area contributed by atoms with E-state index in [1.807, 2.05) is 24.3 Å². The van der Waals surface area contributed by atoms with E-state index < -0.39 is 5.97 Å². The Bertz CT molecular complexity index is 670. The Morgan fingerprint density at radius 2 is 2.00 bits per heavy atom. The number of benzene rings is 1. The van der Waals surface area contributed by atoms with Crippen LogP contribution in [0.1, 0.15) is 13.8 Å². The number of amides is 1. The first-order valence-corrected chi connectivity index (χ1v) is 8.29. The number of methoxy groups -OCH3 is 1. The summed E-state index contributed by atoms with van der Waals surface area (Å²) in [7, 11) is 1.28. The number of β-amino-alcohol motifs (C(OH)–C–C–N with tert-alkyl or cyclic N) is 1. The summed E-state index contributed by atoms with van der Waals surface area (Å²) in [5, 5.41) is 15.5. The first kappa shape index (κ1) is 18.8. The molecule has 0 atom stereocenters. The number of hydrogen-bond donors (Lipinski definition) is 3. The van der Waals surface area contributed by atoms with E-state index in [4.69, 9.17) is 9.84 Å². The molecule has 1 aromatic rings. The van der Waals surface area contributed by atoms with E-state index in [0.29, 0.717) is 11.6 Å². The number of aliphatic hydroxyl groups is 1. The maximum absolute atomic E-state index is 12.6. The number of carbonyl (C=O) groups is 2. The largest absolute Gasteiger partial charge is 0.466 e. The molecule has 7 nitrogen and oxygen atoms in total. The quantitative estimate of drug-likeness (QED) is 0.616. The zero-order chi connectivity index (χ0) is 18.4. The number of rotatable bonds is 8. The average molecular weight is 347 g/mol. The third-order valence-electron chi connectivity index (χ3n) is 3.84. The molecular formula is C18H25N3O4. The lowest BCUT2D eigenvalue weighted by molar-refractivity contribution is -0.136. The SMILES string of the molecule is COC(=O)C1=C(Nc2ccccc2NCC(C)C)C(=O)N(CCO)C1. The molecule has 1 aliphatic rings. The van der Waals surface area contributed by atoms with Crippen LogP contribution in [0.4, 0.5) is 11.4 Å². The van der Waals surface area contributed by atoms with E-state index in [0.717, 1.165) is 12.2 Å². The van der Waals surface area contributed by atoms with Gasteiger partial charge in [-0.3, -0.25) is 4.79 Å². The minimum atomic E-state index is -0.552. The van der Waals surface area contributed by atoms with Gasteiger partial charge >= 0.3 is 5.97 Å². The van der Waals surface area contributed by atoms with E-state index in [1.165, 1.54) is 12.0 Å². The molecule has 0 unspecified atom stereocenters. The molecule has 3 N–H and O–H groups in total. The van der Waals surface area contributed by atoms with Crippen molar-refractivity contribution in [3.63, 3.8) is 0 Å². The fraction of sp³-hybridized carbons (Fsp3) is 0.444. The molecule has 2 rings (SSSR count). The summed E-state index contributed by atoms with van der Waals surface area (Å²) in [6.45, 7) is 5.11. The maximum Gasteiger partial charge on any atom is 0.337 e. The molecule has 136 valence electrons. The van der Waals surface area contributed by atoms with Crippen molar-refractivity contribution in [3.8, 4) is 0 Å². The first-order valence-electron chi connectivity index (χ1n) is 8.29. The summed E-state index contributed by atoms with van der Waals surface area (Å²) in [5.74, 6) is -0.414. The summed E-state index contributed by atoms with van der Waals surface area (Å²) in [6, 6.07) is 7.50. The normalized spacial score (nSPS) is 14.3. The summed E-state index contributed by atoms with van der Waals surface area (Å²) >= 11 is 0. The molecule has 0 radical (unpaired) electrons. The lowest BCUT2D eigenvalue weighted by Gasteiger charge is -2.17. The number of aliphatic hydroxyl groups excluding tert-OH is 1. The minimum Gasteiger partial charge on any atom is -0.466 e. The second-order valence-electron chi connectivity index (χ2n) is 6.24. The van der Waals surface area contributed by atoms with Crippen LogP contribution in [0.25, 0.3) is 0 Å². The number of esters is 1. The molecule has 1 amide bonds. The second-order valence-corrected chi connectivity index (χ2v) is 6.24. The first-order chi connectivity index (χ1) is 12.0. The van der Waals surface area contributed by atoms with Crippen LogP contribution in [-0.2, 0) is 14.3 Å². The Balaban J connectivity index is 2.29. The van der Waals surface area contributed by atoms with Crippen molar-refractivity contribution in [2.45, 2.75) is 13.8 Å². The predicted octanol–water partition coefficient (Wildman–Crippen LogP) is 1.43. The molecule has 0 aliphatic carbocycles. The Morgan fingerprint density at radius 3 is 2.60 bits per heavy atom. The number of carbonyl (C=O) groups excluding carboxylic acids is 2. The molecule has 25 heavy (non-hydrogen) atoms. The summed E-state index contributed by atoms with van der Waals surface area (Å²) < 4.78 is 4.79. The summed E-state index contributed by atoms with van der Waals surface area (Å²) in [6.07, 6.45) is 0. The molecular weight excluding hydrogens is 322 g/mol. The van der Waals surface area contributed by atoms with Crippen molar-refractivity contribution in [2.24, 2.45) is 5.92 Å². The van der Waals surface area contributed by atoms with E-state index in [9.17, 15) is 9.59 Å². The number of nitrogens with one attached hydrogen (secondary N) is 2. The highest BCUT2D eigenvalue weighted by Gasteiger charge is 2.34. The fourth-order valence-electron chi connectivity index (χ4n) is 2.54. The van der Waals surface area contributed by atoms with Gasteiger partial charge in [0.15, 0.2) is 0 Å². The van der Waals surface area contributed by atoms with Crippen LogP contribution in [0.2, 0.25) is 0 Å². The van der Waals surface area contributed by atoms with Crippen LogP contribution in [0.5, 0.6) is 0 Å². The zero-order valence-electron chi connectivity index (χ0n) is 14.8. The van der Waals surface area contributed by atoms with Crippen molar-refractivity contribution < 1.29 is 19.4 Å². The van der Waals surface area contributed by atoms with E-state index in [1.54, 1.807) is 0 Å².